The Morgan fingerprint density at radius 1 is 1.41 bits per heavy atom. The molecule has 1 rings (SSSR count). The number of aromatic nitrogens is 2. The average molecular weight is 317 g/mol. The zero-order valence-corrected chi connectivity index (χ0v) is 12.4. The molecule has 22 heavy (non-hydrogen) atoms. The van der Waals surface area contributed by atoms with Crippen LogP contribution in [0.25, 0.3) is 0 Å². The molecule has 0 radical (unpaired) electrons. The molecule has 1 N–H and O–H groups in total. The summed E-state index contributed by atoms with van der Waals surface area (Å²) in [6.07, 6.45) is -3.84. The lowest BCUT2D eigenvalue weighted by atomic mass is 10.0. The molecule has 1 atom stereocenters. The van der Waals surface area contributed by atoms with E-state index in [1.54, 1.807) is 6.92 Å². The maximum atomic E-state index is 12.0. The zero-order valence-electron chi connectivity index (χ0n) is 12.4. The number of hydrogen-bond acceptors (Lipinski definition) is 4. The fraction of sp³-hybridized carbons (Fsp3) is 0.500. The van der Waals surface area contributed by atoms with E-state index in [1.807, 2.05) is 6.92 Å². The van der Waals surface area contributed by atoms with E-state index in [0.717, 1.165) is 5.57 Å². The van der Waals surface area contributed by atoms with Gasteiger partial charge < -0.3 is 10.1 Å². The quantitative estimate of drug-likeness (QED) is 0.785. The highest BCUT2D eigenvalue weighted by Crippen LogP contribution is 2.16. The molecule has 1 amide bonds. The highest BCUT2D eigenvalue weighted by Gasteiger charge is 2.28. The van der Waals surface area contributed by atoms with E-state index < -0.39 is 12.8 Å². The minimum absolute atomic E-state index is 0.145. The second-order valence-corrected chi connectivity index (χ2v) is 5.05. The van der Waals surface area contributed by atoms with Gasteiger partial charge in [-0.05, 0) is 19.4 Å². The standard InChI is InChI=1S/C14H18F3N3O2/c1-9(2)6-10(3)13(21)18-7-11-4-5-12(20-19-11)22-8-14(15,16)17/h4-5,10H,1,6-8H2,2-3H3,(H,18,21)/t10-/m0/s1. The van der Waals surface area contributed by atoms with Crippen LogP contribution in [0, 0.1) is 5.92 Å². The van der Waals surface area contributed by atoms with Gasteiger partial charge in [0.2, 0.25) is 11.8 Å². The first-order chi connectivity index (χ1) is 10.2. The Labute approximate surface area is 126 Å². The number of rotatable bonds is 7. The molecule has 0 bridgehead atoms. The topological polar surface area (TPSA) is 64.1 Å². The first-order valence-corrected chi connectivity index (χ1v) is 6.61. The van der Waals surface area contributed by atoms with Crippen molar-refractivity contribution in [2.45, 2.75) is 33.0 Å². The molecule has 1 aromatic heterocycles. The van der Waals surface area contributed by atoms with Gasteiger partial charge >= 0.3 is 6.18 Å². The van der Waals surface area contributed by atoms with Crippen molar-refractivity contribution in [2.75, 3.05) is 6.61 Å². The number of alkyl halides is 3. The molecule has 1 heterocycles. The molecule has 0 unspecified atom stereocenters. The average Bonchev–Trinajstić information content (AvgIpc) is 2.42. The van der Waals surface area contributed by atoms with Crippen LogP contribution in [-0.2, 0) is 11.3 Å². The number of carbonyl (C=O) groups is 1. The Morgan fingerprint density at radius 3 is 2.59 bits per heavy atom. The summed E-state index contributed by atoms with van der Waals surface area (Å²) in [6.45, 7) is 6.09. The predicted octanol–water partition coefficient (Wildman–Crippen LogP) is 2.64. The van der Waals surface area contributed by atoms with Crippen LogP contribution in [0.5, 0.6) is 5.88 Å². The molecule has 0 saturated carbocycles. The van der Waals surface area contributed by atoms with E-state index in [2.05, 4.69) is 26.8 Å². The molecule has 1 aromatic rings. The minimum atomic E-state index is -4.42. The fourth-order valence-corrected chi connectivity index (χ4v) is 1.64. The first kappa shape index (κ1) is 17.9. The number of halogens is 3. The third-order valence-electron chi connectivity index (χ3n) is 2.62. The molecule has 122 valence electrons. The molecule has 0 fully saturated rings. The van der Waals surface area contributed by atoms with Crippen LogP contribution in [0.3, 0.4) is 0 Å². The van der Waals surface area contributed by atoms with Gasteiger partial charge in [0.15, 0.2) is 6.61 Å². The maximum absolute atomic E-state index is 12.0. The Hall–Kier alpha value is -2.12. The number of nitrogens with zero attached hydrogens (tertiary/aromatic N) is 2. The van der Waals surface area contributed by atoms with Crippen LogP contribution in [0.2, 0.25) is 0 Å². The van der Waals surface area contributed by atoms with Gasteiger partial charge in [-0.3, -0.25) is 4.79 Å². The van der Waals surface area contributed by atoms with E-state index in [4.69, 9.17) is 0 Å². The zero-order chi connectivity index (χ0) is 16.8. The number of nitrogens with one attached hydrogen (secondary N) is 1. The summed E-state index contributed by atoms with van der Waals surface area (Å²) >= 11 is 0. The third-order valence-corrected chi connectivity index (χ3v) is 2.62. The SMILES string of the molecule is C=C(C)C[C@H](C)C(=O)NCc1ccc(OCC(F)(F)F)nn1. The molecule has 0 aliphatic carbocycles. The van der Waals surface area contributed by atoms with Crippen LogP contribution >= 0.6 is 0 Å². The van der Waals surface area contributed by atoms with Crippen molar-refractivity contribution in [3.05, 3.63) is 30.0 Å². The summed E-state index contributed by atoms with van der Waals surface area (Å²) in [5.74, 6) is -0.579. The second kappa shape index (κ2) is 7.77. The highest BCUT2D eigenvalue weighted by molar-refractivity contribution is 5.78. The second-order valence-electron chi connectivity index (χ2n) is 5.05. The Kier molecular flexibility index (Phi) is 6.33. The summed E-state index contributed by atoms with van der Waals surface area (Å²) in [5, 5.41) is 9.89. The van der Waals surface area contributed by atoms with Crippen LogP contribution in [0.1, 0.15) is 26.0 Å². The maximum Gasteiger partial charge on any atom is 0.422 e. The van der Waals surface area contributed by atoms with Crippen LogP contribution in [-0.4, -0.2) is 28.9 Å². The highest BCUT2D eigenvalue weighted by atomic mass is 19.4. The molecule has 8 heteroatoms. The smallest absolute Gasteiger partial charge is 0.422 e. The predicted molar refractivity (Wildman–Crippen MR) is 74.0 cm³/mol. The van der Waals surface area contributed by atoms with E-state index in [0.29, 0.717) is 12.1 Å². The number of allylic oxidation sites excluding steroid dienone is 1. The molecular weight excluding hydrogens is 299 g/mol. The molecular formula is C14H18F3N3O2. The van der Waals surface area contributed by atoms with Crippen LogP contribution < -0.4 is 10.1 Å². The molecule has 5 nitrogen and oxygen atoms in total. The molecule has 0 saturated heterocycles. The van der Waals surface area contributed by atoms with E-state index in [9.17, 15) is 18.0 Å². The summed E-state index contributed by atoms with van der Waals surface area (Å²) in [4.78, 5) is 11.8. The Balaban J connectivity index is 2.44. The van der Waals surface area contributed by atoms with Crippen LogP contribution in [0.4, 0.5) is 13.2 Å². The number of amides is 1. The van der Waals surface area contributed by atoms with Crippen molar-refractivity contribution < 1.29 is 22.7 Å². The third kappa shape index (κ3) is 7.05. The van der Waals surface area contributed by atoms with E-state index >= 15 is 0 Å². The lowest BCUT2D eigenvalue weighted by molar-refractivity contribution is -0.154. The molecule has 0 aliphatic rings. The minimum Gasteiger partial charge on any atom is -0.467 e. The first-order valence-electron chi connectivity index (χ1n) is 6.61. The van der Waals surface area contributed by atoms with Gasteiger partial charge in [-0.1, -0.05) is 12.5 Å². The summed E-state index contributed by atoms with van der Waals surface area (Å²) < 4.78 is 40.3. The normalized spacial score (nSPS) is 12.6. The number of ether oxygens (including phenoxy) is 1. The van der Waals surface area contributed by atoms with E-state index in [-0.39, 0.29) is 24.2 Å². The monoisotopic (exact) mass is 317 g/mol. The summed E-state index contributed by atoms with van der Waals surface area (Å²) in [5.41, 5.74) is 1.34. The van der Waals surface area contributed by atoms with Crippen molar-refractivity contribution in [3.63, 3.8) is 0 Å². The molecule has 0 aromatic carbocycles. The van der Waals surface area contributed by atoms with Crippen molar-refractivity contribution >= 4 is 5.91 Å². The van der Waals surface area contributed by atoms with Gasteiger partial charge in [0, 0.05) is 12.0 Å². The van der Waals surface area contributed by atoms with Gasteiger partial charge in [0.1, 0.15) is 0 Å². The molecule has 0 aliphatic heterocycles. The lowest BCUT2D eigenvalue weighted by Gasteiger charge is -2.12. The van der Waals surface area contributed by atoms with E-state index in [1.165, 1.54) is 12.1 Å². The van der Waals surface area contributed by atoms with Gasteiger partial charge in [-0.2, -0.15) is 18.3 Å². The van der Waals surface area contributed by atoms with Gasteiger partial charge in [0.05, 0.1) is 12.2 Å². The van der Waals surface area contributed by atoms with Crippen molar-refractivity contribution in [1.29, 1.82) is 0 Å². The molecule has 0 spiro atoms. The van der Waals surface area contributed by atoms with Gasteiger partial charge in [-0.25, -0.2) is 0 Å². The van der Waals surface area contributed by atoms with Crippen molar-refractivity contribution in [1.82, 2.24) is 15.5 Å². The number of carbonyl (C=O) groups excluding carboxylic acids is 1. The number of hydrogen-bond donors (Lipinski definition) is 1. The summed E-state index contributed by atoms with van der Waals surface area (Å²) in [6, 6.07) is 2.72. The van der Waals surface area contributed by atoms with Gasteiger partial charge in [-0.15, -0.1) is 11.7 Å². The Bertz CT molecular complexity index is 515. The Morgan fingerprint density at radius 2 is 2.09 bits per heavy atom. The summed E-state index contributed by atoms with van der Waals surface area (Å²) in [7, 11) is 0. The van der Waals surface area contributed by atoms with Gasteiger partial charge in [0.25, 0.3) is 0 Å². The van der Waals surface area contributed by atoms with Crippen molar-refractivity contribution in [3.8, 4) is 5.88 Å². The van der Waals surface area contributed by atoms with Crippen LogP contribution in [0.15, 0.2) is 24.3 Å². The fourth-order valence-electron chi connectivity index (χ4n) is 1.64. The largest absolute Gasteiger partial charge is 0.467 e. The lowest BCUT2D eigenvalue weighted by Crippen LogP contribution is -2.29. The van der Waals surface area contributed by atoms with Crippen molar-refractivity contribution in [2.24, 2.45) is 5.92 Å².